The maximum absolute atomic E-state index is 11.9. The summed E-state index contributed by atoms with van der Waals surface area (Å²) in [6.07, 6.45) is 3.64. The van der Waals surface area contributed by atoms with Gasteiger partial charge >= 0.3 is 6.18 Å². The Morgan fingerprint density at radius 3 is 1.89 bits per heavy atom. The van der Waals surface area contributed by atoms with E-state index in [2.05, 4.69) is 13.0 Å². The van der Waals surface area contributed by atoms with Gasteiger partial charge in [0.1, 0.15) is 0 Å². The highest BCUT2D eigenvalue weighted by atomic mass is 19.4. The molecule has 0 nitrogen and oxygen atoms in total. The van der Waals surface area contributed by atoms with E-state index in [1.54, 1.807) is 12.5 Å². The maximum Gasteiger partial charge on any atom is 0.416 e. The van der Waals surface area contributed by atoms with E-state index in [1.165, 1.54) is 37.8 Å². The molecule has 0 heterocycles. The molecule has 2 rings (SSSR count). The van der Waals surface area contributed by atoms with Crippen molar-refractivity contribution in [1.82, 2.24) is 0 Å². The third-order valence-electron chi connectivity index (χ3n) is 2.90. The fourth-order valence-electron chi connectivity index (χ4n) is 1.74. The lowest BCUT2D eigenvalue weighted by Crippen LogP contribution is -2.03. The molecule has 0 saturated heterocycles. The fourth-order valence-corrected chi connectivity index (χ4v) is 1.74. The van der Waals surface area contributed by atoms with Gasteiger partial charge in [0.2, 0.25) is 0 Å². The lowest BCUT2D eigenvalue weighted by Gasteiger charge is -2.05. The third-order valence-corrected chi connectivity index (χ3v) is 2.90. The SMILES string of the molecule is CC1=CCCCC1.Cc1ccc(C(F)(F)F)cc1. The van der Waals surface area contributed by atoms with Crippen LogP contribution in [0, 0.1) is 6.92 Å². The van der Waals surface area contributed by atoms with E-state index in [1.807, 2.05) is 0 Å². The normalized spacial score (nSPS) is 15.5. The number of alkyl halides is 3. The molecule has 100 valence electrons. The molecule has 0 fully saturated rings. The van der Waals surface area contributed by atoms with E-state index in [0.717, 1.165) is 17.7 Å². The van der Waals surface area contributed by atoms with Crippen molar-refractivity contribution in [3.05, 3.63) is 47.0 Å². The average Bonchev–Trinajstić information content (AvgIpc) is 2.30. The van der Waals surface area contributed by atoms with E-state index < -0.39 is 11.7 Å². The van der Waals surface area contributed by atoms with Crippen LogP contribution in [0.15, 0.2) is 35.9 Å². The van der Waals surface area contributed by atoms with Gasteiger partial charge in [-0.1, -0.05) is 29.3 Å². The molecule has 1 aromatic rings. The summed E-state index contributed by atoms with van der Waals surface area (Å²) in [6, 6.07) is 5.05. The molecule has 18 heavy (non-hydrogen) atoms. The number of allylic oxidation sites excluding steroid dienone is 2. The lowest BCUT2D eigenvalue weighted by molar-refractivity contribution is -0.137. The number of rotatable bonds is 0. The first-order valence-corrected chi connectivity index (χ1v) is 6.19. The Morgan fingerprint density at radius 2 is 1.56 bits per heavy atom. The molecular weight excluding hydrogens is 237 g/mol. The van der Waals surface area contributed by atoms with Crippen LogP contribution in [-0.2, 0) is 6.18 Å². The predicted molar refractivity (Wildman–Crippen MR) is 68.4 cm³/mol. The van der Waals surface area contributed by atoms with Crippen molar-refractivity contribution in [3.63, 3.8) is 0 Å². The largest absolute Gasteiger partial charge is 0.416 e. The molecule has 0 unspecified atom stereocenters. The van der Waals surface area contributed by atoms with Crippen LogP contribution < -0.4 is 0 Å². The Hall–Kier alpha value is -1.25. The molecule has 1 aliphatic rings. The molecule has 0 saturated carbocycles. The highest BCUT2D eigenvalue weighted by molar-refractivity contribution is 5.23. The van der Waals surface area contributed by atoms with Crippen molar-refractivity contribution < 1.29 is 13.2 Å². The number of benzene rings is 1. The number of hydrogen-bond donors (Lipinski definition) is 0. The first-order valence-electron chi connectivity index (χ1n) is 6.19. The monoisotopic (exact) mass is 256 g/mol. The minimum Gasteiger partial charge on any atom is -0.166 e. The molecule has 1 aliphatic carbocycles. The van der Waals surface area contributed by atoms with Gasteiger partial charge < -0.3 is 0 Å². The van der Waals surface area contributed by atoms with E-state index in [0.29, 0.717) is 0 Å². The van der Waals surface area contributed by atoms with Crippen molar-refractivity contribution in [1.29, 1.82) is 0 Å². The predicted octanol–water partition coefficient (Wildman–Crippen LogP) is 5.52. The summed E-state index contributed by atoms with van der Waals surface area (Å²) in [7, 11) is 0. The van der Waals surface area contributed by atoms with Gasteiger partial charge in [0.25, 0.3) is 0 Å². The van der Waals surface area contributed by atoms with Crippen molar-refractivity contribution in [2.45, 2.75) is 45.7 Å². The molecular formula is C15H19F3. The molecule has 0 spiro atoms. The Balaban J connectivity index is 0.000000199. The second-order valence-electron chi connectivity index (χ2n) is 4.66. The minimum atomic E-state index is -4.21. The number of halogens is 3. The van der Waals surface area contributed by atoms with Crippen LogP contribution in [0.1, 0.15) is 43.7 Å². The van der Waals surface area contributed by atoms with Gasteiger partial charge in [-0.15, -0.1) is 0 Å². The maximum atomic E-state index is 11.9. The summed E-state index contributed by atoms with van der Waals surface area (Å²) in [5.74, 6) is 0. The first-order chi connectivity index (χ1) is 8.39. The summed E-state index contributed by atoms with van der Waals surface area (Å²) in [6.45, 7) is 3.97. The van der Waals surface area contributed by atoms with Crippen LogP contribution in [0.25, 0.3) is 0 Å². The molecule has 0 radical (unpaired) electrons. The molecule has 0 amide bonds. The van der Waals surface area contributed by atoms with E-state index in [9.17, 15) is 13.2 Å². The molecule has 3 heteroatoms. The van der Waals surface area contributed by atoms with Crippen LogP contribution in [0.2, 0.25) is 0 Å². The highest BCUT2D eigenvalue weighted by Crippen LogP contribution is 2.28. The second kappa shape index (κ2) is 6.62. The summed E-state index contributed by atoms with van der Waals surface area (Å²) in [5, 5.41) is 0. The van der Waals surface area contributed by atoms with Gasteiger partial charge in [0, 0.05) is 0 Å². The van der Waals surface area contributed by atoms with Gasteiger partial charge in [0.15, 0.2) is 0 Å². The fraction of sp³-hybridized carbons (Fsp3) is 0.467. The Labute approximate surface area is 107 Å². The molecule has 0 aliphatic heterocycles. The smallest absolute Gasteiger partial charge is 0.166 e. The quantitative estimate of drug-likeness (QED) is 0.536. The molecule has 1 aromatic carbocycles. The average molecular weight is 256 g/mol. The third kappa shape index (κ3) is 5.39. The van der Waals surface area contributed by atoms with E-state index in [-0.39, 0.29) is 0 Å². The molecule has 0 atom stereocenters. The van der Waals surface area contributed by atoms with E-state index >= 15 is 0 Å². The van der Waals surface area contributed by atoms with Crippen LogP contribution in [-0.4, -0.2) is 0 Å². The summed E-state index contributed by atoms with van der Waals surface area (Å²) < 4.78 is 35.8. The zero-order valence-electron chi connectivity index (χ0n) is 10.8. The van der Waals surface area contributed by atoms with Crippen molar-refractivity contribution >= 4 is 0 Å². The number of hydrogen-bond acceptors (Lipinski definition) is 0. The van der Waals surface area contributed by atoms with Gasteiger partial charge in [-0.05, 0) is 51.7 Å². The Bertz CT molecular complexity index is 385. The molecule has 0 N–H and O–H groups in total. The summed E-state index contributed by atoms with van der Waals surface area (Å²) in [5.41, 5.74) is 1.83. The standard InChI is InChI=1S/C8H7F3.C7H12/c1-6-2-4-7(5-3-6)8(9,10)11;1-7-5-3-2-4-6-7/h2-5H,1H3;5H,2-4,6H2,1H3. The second-order valence-corrected chi connectivity index (χ2v) is 4.66. The van der Waals surface area contributed by atoms with Crippen LogP contribution >= 0.6 is 0 Å². The zero-order chi connectivity index (χ0) is 13.6. The lowest BCUT2D eigenvalue weighted by atomic mass is 10.0. The van der Waals surface area contributed by atoms with Gasteiger partial charge in [-0.3, -0.25) is 0 Å². The van der Waals surface area contributed by atoms with Crippen LogP contribution in [0.4, 0.5) is 13.2 Å². The van der Waals surface area contributed by atoms with Crippen LogP contribution in [0.5, 0.6) is 0 Å². The molecule has 0 aromatic heterocycles. The van der Waals surface area contributed by atoms with Gasteiger partial charge in [-0.25, -0.2) is 0 Å². The van der Waals surface area contributed by atoms with E-state index in [4.69, 9.17) is 0 Å². The first kappa shape index (κ1) is 14.8. The molecule has 0 bridgehead atoms. The van der Waals surface area contributed by atoms with Crippen LogP contribution in [0.3, 0.4) is 0 Å². The Kier molecular flexibility index (Phi) is 5.45. The topological polar surface area (TPSA) is 0 Å². The highest BCUT2D eigenvalue weighted by Gasteiger charge is 2.29. The number of aryl methyl sites for hydroxylation is 1. The van der Waals surface area contributed by atoms with Crippen molar-refractivity contribution in [2.24, 2.45) is 0 Å². The van der Waals surface area contributed by atoms with Gasteiger partial charge in [-0.2, -0.15) is 13.2 Å². The van der Waals surface area contributed by atoms with Gasteiger partial charge in [0.05, 0.1) is 5.56 Å². The summed E-state index contributed by atoms with van der Waals surface area (Å²) >= 11 is 0. The van der Waals surface area contributed by atoms with Crippen molar-refractivity contribution in [3.8, 4) is 0 Å². The zero-order valence-corrected chi connectivity index (χ0v) is 10.8. The minimum absolute atomic E-state index is 0.594. The van der Waals surface area contributed by atoms with Crippen molar-refractivity contribution in [2.75, 3.05) is 0 Å². The Morgan fingerprint density at radius 1 is 0.944 bits per heavy atom. The summed E-state index contributed by atoms with van der Waals surface area (Å²) in [4.78, 5) is 0.